The third-order valence-electron chi connectivity index (χ3n) is 6.87. The van der Waals surface area contributed by atoms with E-state index in [-0.39, 0.29) is 11.5 Å². The molecule has 8 N–H and O–H groups in total. The van der Waals surface area contributed by atoms with Gasteiger partial charge in [-0.1, -0.05) is 41.5 Å². The molecule has 0 aliphatic heterocycles. The zero-order valence-electron chi connectivity index (χ0n) is 21.0. The lowest BCUT2D eigenvalue weighted by molar-refractivity contribution is -0.138. The molecule has 0 bridgehead atoms. The minimum absolute atomic E-state index is 0.200. The fourth-order valence-electron chi connectivity index (χ4n) is 3.63. The predicted molar refractivity (Wildman–Crippen MR) is 140 cm³/mol. The summed E-state index contributed by atoms with van der Waals surface area (Å²) in [6.45, 7) is 13.7. The lowest BCUT2D eigenvalue weighted by atomic mass is 9.60. The second kappa shape index (κ2) is 17.9. The maximum atomic E-state index is 10.7. The molecule has 2 unspecified atom stereocenters. The number of nitrogens with two attached hydrogens (primary N) is 2. The molecule has 0 spiro atoms. The topological polar surface area (TPSA) is 185 Å². The number of hydrogen-bond donors (Lipinski definition) is 8. The van der Waals surface area contributed by atoms with Crippen LogP contribution in [0, 0.1) is 35.5 Å². The standard InChI is InChI=1S/C12H24.2C5H10N2O3S/c1-7-8(2)10(4)12(6)11(5)9(7)3;2*6-3(2-11)5(10)7-1-4(8)9/h7-12H,1-6H3;2*3,11H,1-2,6H2,(H,7,10)(H,8,9). The summed E-state index contributed by atoms with van der Waals surface area (Å²) in [4.78, 5) is 41.3. The zero-order chi connectivity index (χ0) is 27.2. The fraction of sp³-hybridized carbons (Fsp3) is 0.818. The van der Waals surface area contributed by atoms with Crippen molar-refractivity contribution in [2.75, 3.05) is 24.6 Å². The van der Waals surface area contributed by atoms with Crippen LogP contribution in [0.25, 0.3) is 0 Å². The number of thiol groups is 2. The highest BCUT2D eigenvalue weighted by atomic mass is 32.1. The van der Waals surface area contributed by atoms with Crippen LogP contribution in [0.5, 0.6) is 0 Å². The number of carboxylic acids is 2. The Kier molecular flexibility index (Phi) is 18.2. The van der Waals surface area contributed by atoms with Gasteiger partial charge in [-0.25, -0.2) is 0 Å². The summed E-state index contributed by atoms with van der Waals surface area (Å²) in [6, 6.07) is -1.48. The third kappa shape index (κ3) is 13.4. The number of carbonyl (C=O) groups excluding carboxylic acids is 2. The predicted octanol–water partition coefficient (Wildman–Crippen LogP) is 0.705. The highest BCUT2D eigenvalue weighted by molar-refractivity contribution is 7.80. The van der Waals surface area contributed by atoms with Crippen molar-refractivity contribution in [1.82, 2.24) is 10.6 Å². The van der Waals surface area contributed by atoms with Crippen molar-refractivity contribution in [2.24, 2.45) is 47.0 Å². The van der Waals surface area contributed by atoms with E-state index in [1.165, 1.54) is 0 Å². The Balaban J connectivity index is 0. The average molecular weight is 525 g/mol. The lowest BCUT2D eigenvalue weighted by Crippen LogP contribution is -2.43. The summed E-state index contributed by atoms with van der Waals surface area (Å²) in [7, 11) is 0. The van der Waals surface area contributed by atoms with Gasteiger partial charge < -0.3 is 32.3 Å². The molecule has 12 heteroatoms. The summed E-state index contributed by atoms with van der Waals surface area (Å²) in [5.74, 6) is 2.67. The number of rotatable bonds is 8. The molecule has 10 nitrogen and oxygen atoms in total. The molecule has 1 rings (SSSR count). The summed E-state index contributed by atoms with van der Waals surface area (Å²) in [6.07, 6.45) is 0. The van der Waals surface area contributed by atoms with Gasteiger partial charge in [0, 0.05) is 11.5 Å². The van der Waals surface area contributed by atoms with Crippen LogP contribution >= 0.6 is 25.3 Å². The summed E-state index contributed by atoms with van der Waals surface area (Å²) < 4.78 is 0. The van der Waals surface area contributed by atoms with Gasteiger partial charge in [0.05, 0.1) is 12.1 Å². The molecule has 1 aliphatic carbocycles. The minimum atomic E-state index is -1.09. The smallest absolute Gasteiger partial charge is 0.322 e. The van der Waals surface area contributed by atoms with Gasteiger partial charge in [-0.3, -0.25) is 19.2 Å². The Bertz CT molecular complexity index is 560. The molecule has 1 aliphatic rings. The molecule has 0 heterocycles. The van der Waals surface area contributed by atoms with Gasteiger partial charge in [0.2, 0.25) is 11.8 Å². The minimum Gasteiger partial charge on any atom is -0.480 e. The molecule has 34 heavy (non-hydrogen) atoms. The van der Waals surface area contributed by atoms with Crippen molar-refractivity contribution in [1.29, 1.82) is 0 Å². The van der Waals surface area contributed by atoms with Crippen LogP contribution in [0.2, 0.25) is 0 Å². The van der Waals surface area contributed by atoms with Crippen LogP contribution in [0.15, 0.2) is 0 Å². The Hall–Kier alpha value is -1.50. The third-order valence-corrected chi connectivity index (χ3v) is 7.66. The monoisotopic (exact) mass is 524 g/mol. The second-order valence-electron chi connectivity index (χ2n) is 8.96. The van der Waals surface area contributed by atoms with E-state index in [4.69, 9.17) is 21.7 Å². The van der Waals surface area contributed by atoms with Gasteiger partial charge in [0.25, 0.3) is 0 Å². The zero-order valence-corrected chi connectivity index (χ0v) is 22.8. The Morgan fingerprint density at radius 2 is 0.853 bits per heavy atom. The van der Waals surface area contributed by atoms with Gasteiger partial charge in [-0.2, -0.15) is 25.3 Å². The van der Waals surface area contributed by atoms with Crippen molar-refractivity contribution in [3.8, 4) is 0 Å². The van der Waals surface area contributed by atoms with E-state index in [0.717, 1.165) is 35.5 Å². The van der Waals surface area contributed by atoms with Crippen molar-refractivity contribution in [3.05, 3.63) is 0 Å². The molecule has 1 saturated carbocycles. The number of aliphatic carboxylic acids is 2. The normalized spacial score (nSPS) is 27.5. The second-order valence-corrected chi connectivity index (χ2v) is 9.69. The Morgan fingerprint density at radius 3 is 1.00 bits per heavy atom. The molecule has 0 aromatic rings. The fourth-order valence-corrected chi connectivity index (χ4v) is 3.96. The van der Waals surface area contributed by atoms with Crippen LogP contribution in [0.3, 0.4) is 0 Å². The highest BCUT2D eigenvalue weighted by Gasteiger charge is 2.38. The first-order chi connectivity index (χ1) is 15.6. The van der Waals surface area contributed by atoms with Crippen molar-refractivity contribution in [3.63, 3.8) is 0 Å². The number of amides is 2. The van der Waals surface area contributed by atoms with E-state index >= 15 is 0 Å². The summed E-state index contributed by atoms with van der Waals surface area (Å²) >= 11 is 7.53. The van der Waals surface area contributed by atoms with Gasteiger partial charge in [-0.15, -0.1) is 0 Å². The Labute approximate surface area is 214 Å². The first-order valence-electron chi connectivity index (χ1n) is 11.3. The van der Waals surface area contributed by atoms with E-state index in [9.17, 15) is 19.2 Å². The molecule has 2 atom stereocenters. The maximum Gasteiger partial charge on any atom is 0.322 e. The molecule has 200 valence electrons. The van der Waals surface area contributed by atoms with Crippen LogP contribution in [-0.4, -0.2) is 70.6 Å². The van der Waals surface area contributed by atoms with Crippen molar-refractivity contribution in [2.45, 2.75) is 53.6 Å². The Morgan fingerprint density at radius 1 is 0.647 bits per heavy atom. The van der Waals surface area contributed by atoms with Crippen LogP contribution < -0.4 is 22.1 Å². The van der Waals surface area contributed by atoms with Crippen LogP contribution in [-0.2, 0) is 19.2 Å². The van der Waals surface area contributed by atoms with Gasteiger partial charge >= 0.3 is 11.9 Å². The summed E-state index contributed by atoms with van der Waals surface area (Å²) in [5.41, 5.74) is 10.4. The molecular formula is C22H44N4O6S2. The van der Waals surface area contributed by atoms with E-state index in [1.807, 2.05) is 0 Å². The molecule has 0 saturated heterocycles. The van der Waals surface area contributed by atoms with E-state index in [0.29, 0.717) is 0 Å². The molecular weight excluding hydrogens is 480 g/mol. The molecule has 0 radical (unpaired) electrons. The maximum absolute atomic E-state index is 10.7. The van der Waals surface area contributed by atoms with E-state index in [2.05, 4.69) is 77.4 Å². The van der Waals surface area contributed by atoms with Crippen LogP contribution in [0.1, 0.15) is 41.5 Å². The number of hydrogen-bond acceptors (Lipinski definition) is 8. The molecule has 0 aromatic carbocycles. The average Bonchev–Trinajstić information content (AvgIpc) is 2.81. The first kappa shape index (κ1) is 34.7. The number of nitrogens with one attached hydrogen (secondary N) is 2. The first-order valence-corrected chi connectivity index (χ1v) is 12.6. The van der Waals surface area contributed by atoms with E-state index in [1.54, 1.807) is 0 Å². The number of carbonyl (C=O) groups is 4. The SMILES string of the molecule is CC1C(C)C(C)C(C)C(C)C1C.NC(CS)C(=O)NCC(=O)O.NC(CS)C(=O)NCC(=O)O. The molecule has 0 aromatic heterocycles. The quantitative estimate of drug-likeness (QED) is 0.213. The number of carboxylic acid groups (broad SMARTS) is 2. The van der Waals surface area contributed by atoms with Crippen molar-refractivity contribution < 1.29 is 29.4 Å². The molecule has 2 amide bonds. The van der Waals surface area contributed by atoms with E-state index < -0.39 is 48.9 Å². The summed E-state index contributed by atoms with van der Waals surface area (Å²) in [5, 5.41) is 20.5. The van der Waals surface area contributed by atoms with Crippen LogP contribution in [0.4, 0.5) is 0 Å². The van der Waals surface area contributed by atoms with Gasteiger partial charge in [0.1, 0.15) is 13.1 Å². The highest BCUT2D eigenvalue weighted by Crippen LogP contribution is 2.44. The lowest BCUT2D eigenvalue weighted by Gasteiger charge is -2.45. The molecule has 1 fully saturated rings. The van der Waals surface area contributed by atoms with Gasteiger partial charge in [0.15, 0.2) is 0 Å². The van der Waals surface area contributed by atoms with Gasteiger partial charge in [-0.05, 0) is 35.5 Å². The largest absolute Gasteiger partial charge is 0.480 e. The van der Waals surface area contributed by atoms with Crippen molar-refractivity contribution >= 4 is 49.0 Å².